The van der Waals surface area contributed by atoms with Crippen molar-refractivity contribution in [2.75, 3.05) is 0 Å². The van der Waals surface area contributed by atoms with Crippen LogP contribution >= 0.6 is 0 Å². The van der Waals surface area contributed by atoms with Crippen molar-refractivity contribution >= 4 is 5.97 Å². The molecule has 1 aromatic rings. The molecule has 0 saturated heterocycles. The number of hydrogen-bond donors (Lipinski definition) is 2. The molecule has 4 heteroatoms. The van der Waals surface area contributed by atoms with Crippen LogP contribution in [-0.4, -0.2) is 17.1 Å². The first-order valence-electron chi connectivity index (χ1n) is 4.24. The minimum atomic E-state index is -1.03. The largest absolute Gasteiger partial charge is 0.480 e. The zero-order chi connectivity index (χ0) is 10.6. The molecule has 75 valence electrons. The number of carboxylic acids is 1. The lowest BCUT2D eigenvalue weighted by Gasteiger charge is -2.05. The lowest BCUT2D eigenvalue weighted by Crippen LogP contribution is -2.30. The Morgan fingerprint density at radius 1 is 1.71 bits per heavy atom. The molecular formula is C10H11FNO2. The van der Waals surface area contributed by atoms with Crippen LogP contribution in [0.1, 0.15) is 12.0 Å². The highest BCUT2D eigenvalue weighted by Crippen LogP contribution is 2.06. The van der Waals surface area contributed by atoms with E-state index in [0.29, 0.717) is 12.8 Å². The molecule has 0 amide bonds. The zero-order valence-electron chi connectivity index (χ0n) is 7.53. The maximum Gasteiger partial charge on any atom is 0.320 e. The Bertz CT molecular complexity index is 328. The van der Waals surface area contributed by atoms with Crippen molar-refractivity contribution in [1.29, 1.82) is 0 Å². The van der Waals surface area contributed by atoms with Gasteiger partial charge < -0.3 is 10.8 Å². The van der Waals surface area contributed by atoms with Crippen molar-refractivity contribution in [3.05, 3.63) is 35.6 Å². The highest BCUT2D eigenvalue weighted by Gasteiger charge is 2.10. The van der Waals surface area contributed by atoms with Crippen LogP contribution in [0.3, 0.4) is 0 Å². The van der Waals surface area contributed by atoms with Gasteiger partial charge in [0.15, 0.2) is 0 Å². The average Bonchev–Trinajstić information content (AvgIpc) is 2.14. The Labute approximate surface area is 81.4 Å². The first-order chi connectivity index (χ1) is 6.59. The molecule has 1 atom stereocenters. The number of carbonyl (C=O) groups is 1. The summed E-state index contributed by atoms with van der Waals surface area (Å²) in [4.78, 5) is 10.4. The lowest BCUT2D eigenvalue weighted by atomic mass is 10.1. The fourth-order valence-corrected chi connectivity index (χ4v) is 1.08. The Balaban J connectivity index is 2.49. The van der Waals surface area contributed by atoms with Gasteiger partial charge in [0.05, 0.1) is 0 Å². The zero-order valence-corrected chi connectivity index (χ0v) is 7.53. The molecule has 3 nitrogen and oxygen atoms in total. The molecule has 0 heterocycles. The molecule has 0 fully saturated rings. The van der Waals surface area contributed by atoms with E-state index in [4.69, 9.17) is 10.8 Å². The van der Waals surface area contributed by atoms with E-state index in [0.717, 1.165) is 5.56 Å². The number of carboxylic acid groups (broad SMARTS) is 1. The fourth-order valence-electron chi connectivity index (χ4n) is 1.08. The molecule has 0 aliphatic rings. The summed E-state index contributed by atoms with van der Waals surface area (Å²) in [6, 6.07) is 5.97. The molecule has 0 spiro atoms. The standard InChI is InChI=1S/C10H11FNO2/c11-8-3-1-2-7(6-8)4-5-9(12)10(13)14/h1-2,6,9H,4-5,12H2,(H,13,14). The van der Waals surface area contributed by atoms with Gasteiger partial charge in [-0.15, -0.1) is 0 Å². The fraction of sp³-hybridized carbons (Fsp3) is 0.300. The summed E-state index contributed by atoms with van der Waals surface area (Å²) in [5.74, 6) is -1.47. The summed E-state index contributed by atoms with van der Waals surface area (Å²) in [6.45, 7) is 0. The van der Waals surface area contributed by atoms with Crippen LogP contribution in [0.5, 0.6) is 0 Å². The third-order valence-electron chi connectivity index (χ3n) is 1.89. The number of rotatable bonds is 4. The molecule has 0 saturated carbocycles. The maximum absolute atomic E-state index is 12.6. The molecule has 1 rings (SSSR count). The molecule has 0 aromatic heterocycles. The first-order valence-corrected chi connectivity index (χ1v) is 4.24. The van der Waals surface area contributed by atoms with E-state index in [9.17, 15) is 9.18 Å². The Kier molecular flexibility index (Phi) is 3.59. The van der Waals surface area contributed by atoms with Crippen molar-refractivity contribution in [3.8, 4) is 0 Å². The number of nitrogens with two attached hydrogens (primary N) is 1. The van der Waals surface area contributed by atoms with Crippen LogP contribution in [0.2, 0.25) is 0 Å². The summed E-state index contributed by atoms with van der Waals surface area (Å²) in [6.07, 6.45) is 0.762. The summed E-state index contributed by atoms with van der Waals surface area (Å²) < 4.78 is 12.6. The molecule has 1 unspecified atom stereocenters. The van der Waals surface area contributed by atoms with Crippen molar-refractivity contribution in [3.63, 3.8) is 0 Å². The topological polar surface area (TPSA) is 63.3 Å². The second kappa shape index (κ2) is 4.72. The summed E-state index contributed by atoms with van der Waals surface area (Å²) in [7, 11) is 0. The van der Waals surface area contributed by atoms with E-state index in [1.54, 1.807) is 6.07 Å². The maximum atomic E-state index is 12.6. The summed E-state index contributed by atoms with van der Waals surface area (Å²) in [5, 5.41) is 8.51. The molecule has 0 bridgehead atoms. The van der Waals surface area contributed by atoms with Gasteiger partial charge in [0.25, 0.3) is 0 Å². The summed E-state index contributed by atoms with van der Waals surface area (Å²) in [5.41, 5.74) is 6.04. The molecule has 3 N–H and O–H groups in total. The van der Waals surface area contributed by atoms with E-state index >= 15 is 0 Å². The van der Waals surface area contributed by atoms with Crippen molar-refractivity contribution in [1.82, 2.24) is 0 Å². The summed E-state index contributed by atoms with van der Waals surface area (Å²) >= 11 is 0. The van der Waals surface area contributed by atoms with E-state index in [-0.39, 0.29) is 0 Å². The SMILES string of the molecule is NC(CCc1cc[c]c(F)c1)C(=O)O. The van der Waals surface area contributed by atoms with Crippen molar-refractivity contribution < 1.29 is 14.3 Å². The Morgan fingerprint density at radius 3 is 3.00 bits per heavy atom. The Hall–Kier alpha value is -1.42. The van der Waals surface area contributed by atoms with Gasteiger partial charge in [0, 0.05) is 6.07 Å². The van der Waals surface area contributed by atoms with Crippen LogP contribution in [0.15, 0.2) is 18.2 Å². The number of halogens is 1. The van der Waals surface area contributed by atoms with E-state index in [2.05, 4.69) is 6.07 Å². The van der Waals surface area contributed by atoms with Gasteiger partial charge >= 0.3 is 5.97 Å². The van der Waals surface area contributed by atoms with Gasteiger partial charge in [-0.2, -0.15) is 0 Å². The monoisotopic (exact) mass is 196 g/mol. The first kappa shape index (κ1) is 10.7. The number of aryl methyl sites for hydroxylation is 1. The highest BCUT2D eigenvalue weighted by molar-refractivity contribution is 5.73. The highest BCUT2D eigenvalue weighted by atomic mass is 19.1. The third kappa shape index (κ3) is 3.14. The van der Waals surface area contributed by atoms with E-state index < -0.39 is 17.8 Å². The van der Waals surface area contributed by atoms with Gasteiger partial charge in [0.2, 0.25) is 0 Å². The normalized spacial score (nSPS) is 12.4. The van der Waals surface area contributed by atoms with Crippen LogP contribution in [0.25, 0.3) is 0 Å². The minimum absolute atomic E-state index is 0.304. The average molecular weight is 196 g/mol. The molecule has 0 aliphatic heterocycles. The van der Waals surface area contributed by atoms with Crippen molar-refractivity contribution in [2.24, 2.45) is 5.73 Å². The third-order valence-corrected chi connectivity index (χ3v) is 1.89. The quantitative estimate of drug-likeness (QED) is 0.754. The van der Waals surface area contributed by atoms with Gasteiger partial charge in [-0.1, -0.05) is 12.1 Å². The second-order valence-corrected chi connectivity index (χ2v) is 3.03. The predicted octanol–water partition coefficient (Wildman–Crippen LogP) is 0.970. The van der Waals surface area contributed by atoms with E-state index in [1.807, 2.05) is 0 Å². The van der Waals surface area contributed by atoms with Gasteiger partial charge in [-0.3, -0.25) is 4.79 Å². The van der Waals surface area contributed by atoms with Crippen LogP contribution in [0, 0.1) is 11.9 Å². The number of aliphatic carboxylic acids is 1. The van der Waals surface area contributed by atoms with Crippen LogP contribution in [0.4, 0.5) is 4.39 Å². The van der Waals surface area contributed by atoms with E-state index in [1.165, 1.54) is 12.1 Å². The molecule has 1 aromatic carbocycles. The molecule has 14 heavy (non-hydrogen) atoms. The molecule has 0 aliphatic carbocycles. The smallest absolute Gasteiger partial charge is 0.320 e. The van der Waals surface area contributed by atoms with Gasteiger partial charge in [-0.05, 0) is 24.5 Å². The Morgan fingerprint density at radius 2 is 2.43 bits per heavy atom. The lowest BCUT2D eigenvalue weighted by molar-refractivity contribution is -0.138. The van der Waals surface area contributed by atoms with Crippen molar-refractivity contribution in [2.45, 2.75) is 18.9 Å². The second-order valence-electron chi connectivity index (χ2n) is 3.03. The minimum Gasteiger partial charge on any atom is -0.480 e. The number of benzene rings is 1. The van der Waals surface area contributed by atoms with Crippen LogP contribution in [-0.2, 0) is 11.2 Å². The predicted molar refractivity (Wildman–Crippen MR) is 49.2 cm³/mol. The molecule has 1 radical (unpaired) electrons. The molecular weight excluding hydrogens is 185 g/mol. The number of hydrogen-bond acceptors (Lipinski definition) is 2. The van der Waals surface area contributed by atoms with Crippen LogP contribution < -0.4 is 5.73 Å². The van der Waals surface area contributed by atoms with Gasteiger partial charge in [-0.25, -0.2) is 4.39 Å². The van der Waals surface area contributed by atoms with Gasteiger partial charge in [0.1, 0.15) is 11.9 Å².